The normalized spacial score (nSPS) is 11.8. The number of anilines is 1. The molecule has 0 bridgehead atoms. The van der Waals surface area contributed by atoms with Gasteiger partial charge in [-0.1, -0.05) is 6.07 Å². The van der Waals surface area contributed by atoms with E-state index in [1.54, 1.807) is 6.20 Å². The van der Waals surface area contributed by atoms with E-state index < -0.39 is 0 Å². The standard InChI is InChI=1S/C18H26N4O2/c1-5-22(6-2)17-10-8-15(11-19-17)12-20-18(23)21-14(4)16-9-7-13(3)24-16/h7-11,14H,5-6,12H2,1-4H3,(H2,20,21,23). The van der Waals surface area contributed by atoms with E-state index in [0.717, 1.165) is 36.0 Å². The van der Waals surface area contributed by atoms with E-state index in [1.165, 1.54) is 0 Å². The van der Waals surface area contributed by atoms with E-state index in [1.807, 2.05) is 38.1 Å². The van der Waals surface area contributed by atoms with Crippen LogP contribution in [-0.4, -0.2) is 24.1 Å². The van der Waals surface area contributed by atoms with Crippen LogP contribution in [0.2, 0.25) is 0 Å². The minimum Gasteiger partial charge on any atom is -0.464 e. The number of aromatic nitrogens is 1. The van der Waals surface area contributed by atoms with Gasteiger partial charge in [-0.3, -0.25) is 0 Å². The maximum Gasteiger partial charge on any atom is 0.315 e. The van der Waals surface area contributed by atoms with E-state index in [9.17, 15) is 4.79 Å². The SMILES string of the molecule is CCN(CC)c1ccc(CNC(=O)NC(C)c2ccc(C)o2)cn1. The fourth-order valence-electron chi connectivity index (χ4n) is 2.44. The van der Waals surface area contributed by atoms with Crippen molar-refractivity contribution >= 4 is 11.8 Å². The van der Waals surface area contributed by atoms with Crippen molar-refractivity contribution in [2.45, 2.75) is 40.3 Å². The number of nitrogens with zero attached hydrogens (tertiary/aromatic N) is 2. The van der Waals surface area contributed by atoms with E-state index >= 15 is 0 Å². The average molecular weight is 330 g/mol. The fraction of sp³-hybridized carbons (Fsp3) is 0.444. The highest BCUT2D eigenvalue weighted by Crippen LogP contribution is 2.15. The summed E-state index contributed by atoms with van der Waals surface area (Å²) in [5, 5.41) is 5.69. The van der Waals surface area contributed by atoms with Crippen LogP contribution in [0.3, 0.4) is 0 Å². The Bertz CT molecular complexity index is 647. The van der Waals surface area contributed by atoms with Crippen LogP contribution >= 0.6 is 0 Å². The lowest BCUT2D eigenvalue weighted by Crippen LogP contribution is -2.36. The lowest BCUT2D eigenvalue weighted by molar-refractivity contribution is 0.235. The summed E-state index contributed by atoms with van der Waals surface area (Å²) >= 11 is 0. The zero-order chi connectivity index (χ0) is 17.5. The Balaban J connectivity index is 1.83. The fourth-order valence-corrected chi connectivity index (χ4v) is 2.44. The summed E-state index contributed by atoms with van der Waals surface area (Å²) in [5.74, 6) is 2.53. The van der Waals surface area contributed by atoms with Crippen molar-refractivity contribution in [3.05, 3.63) is 47.5 Å². The van der Waals surface area contributed by atoms with Gasteiger partial charge in [-0.25, -0.2) is 9.78 Å². The Hall–Kier alpha value is -2.50. The molecule has 24 heavy (non-hydrogen) atoms. The van der Waals surface area contributed by atoms with Gasteiger partial charge in [0.1, 0.15) is 17.3 Å². The van der Waals surface area contributed by atoms with Gasteiger partial charge in [0.15, 0.2) is 0 Å². The van der Waals surface area contributed by atoms with Crippen LogP contribution in [0.15, 0.2) is 34.9 Å². The van der Waals surface area contributed by atoms with E-state index in [0.29, 0.717) is 6.54 Å². The molecule has 2 aromatic rings. The third-order valence-corrected chi connectivity index (χ3v) is 3.89. The molecule has 0 aromatic carbocycles. The number of furan rings is 1. The minimum atomic E-state index is -0.232. The van der Waals surface area contributed by atoms with Gasteiger partial charge < -0.3 is 20.0 Å². The highest BCUT2D eigenvalue weighted by molar-refractivity contribution is 5.74. The second-order valence-electron chi connectivity index (χ2n) is 5.69. The monoisotopic (exact) mass is 330 g/mol. The molecule has 2 heterocycles. The molecule has 0 aliphatic carbocycles. The molecule has 6 nitrogen and oxygen atoms in total. The maximum atomic E-state index is 12.0. The van der Waals surface area contributed by atoms with Crippen LogP contribution in [0.25, 0.3) is 0 Å². The predicted molar refractivity (Wildman–Crippen MR) is 95.0 cm³/mol. The predicted octanol–water partition coefficient (Wildman–Crippen LogP) is 3.39. The molecule has 2 amide bonds. The summed E-state index contributed by atoms with van der Waals surface area (Å²) in [6, 6.07) is 7.31. The summed E-state index contributed by atoms with van der Waals surface area (Å²) in [6.45, 7) is 10.3. The molecule has 2 rings (SSSR count). The number of urea groups is 1. The number of aryl methyl sites for hydroxylation is 1. The molecule has 0 aliphatic rings. The summed E-state index contributed by atoms with van der Waals surface area (Å²) in [4.78, 5) is 18.6. The largest absolute Gasteiger partial charge is 0.464 e. The smallest absolute Gasteiger partial charge is 0.315 e. The third-order valence-electron chi connectivity index (χ3n) is 3.89. The van der Waals surface area contributed by atoms with Gasteiger partial charge in [-0.2, -0.15) is 0 Å². The van der Waals surface area contributed by atoms with Crippen LogP contribution in [0.4, 0.5) is 10.6 Å². The lowest BCUT2D eigenvalue weighted by atomic mass is 10.2. The van der Waals surface area contributed by atoms with Crippen molar-refractivity contribution in [2.24, 2.45) is 0 Å². The topological polar surface area (TPSA) is 70.4 Å². The van der Waals surface area contributed by atoms with Crippen molar-refractivity contribution < 1.29 is 9.21 Å². The summed E-state index contributed by atoms with van der Waals surface area (Å²) < 4.78 is 5.51. The van der Waals surface area contributed by atoms with E-state index in [-0.39, 0.29) is 12.1 Å². The van der Waals surface area contributed by atoms with Crippen LogP contribution in [0.1, 0.15) is 43.9 Å². The number of carbonyl (C=O) groups is 1. The second kappa shape index (κ2) is 8.38. The number of hydrogen-bond donors (Lipinski definition) is 2. The molecule has 0 radical (unpaired) electrons. The number of nitrogens with one attached hydrogen (secondary N) is 2. The molecule has 0 saturated heterocycles. The molecular weight excluding hydrogens is 304 g/mol. The molecule has 130 valence electrons. The highest BCUT2D eigenvalue weighted by atomic mass is 16.3. The quantitative estimate of drug-likeness (QED) is 0.816. The Labute approximate surface area is 143 Å². The van der Waals surface area contributed by atoms with Gasteiger partial charge >= 0.3 is 6.03 Å². The molecule has 2 N–H and O–H groups in total. The Morgan fingerprint density at radius 2 is 2.00 bits per heavy atom. The summed E-state index contributed by atoms with van der Waals surface area (Å²) in [6.07, 6.45) is 1.80. The summed E-state index contributed by atoms with van der Waals surface area (Å²) in [5.41, 5.74) is 0.961. The first-order valence-electron chi connectivity index (χ1n) is 8.34. The van der Waals surface area contributed by atoms with Gasteiger partial charge in [0.05, 0.1) is 6.04 Å². The van der Waals surface area contributed by atoms with E-state index in [4.69, 9.17) is 4.42 Å². The first-order chi connectivity index (χ1) is 11.5. The summed E-state index contributed by atoms with van der Waals surface area (Å²) in [7, 11) is 0. The maximum absolute atomic E-state index is 12.0. The Kier molecular flexibility index (Phi) is 6.23. The zero-order valence-corrected chi connectivity index (χ0v) is 14.8. The Morgan fingerprint density at radius 1 is 1.25 bits per heavy atom. The molecule has 6 heteroatoms. The number of rotatable bonds is 7. The van der Waals surface area contributed by atoms with Gasteiger partial charge in [-0.15, -0.1) is 0 Å². The van der Waals surface area contributed by atoms with Crippen molar-refractivity contribution in [1.29, 1.82) is 0 Å². The number of amides is 2. The van der Waals surface area contributed by atoms with Crippen molar-refractivity contribution in [3.63, 3.8) is 0 Å². The van der Waals surface area contributed by atoms with Crippen molar-refractivity contribution in [1.82, 2.24) is 15.6 Å². The van der Waals surface area contributed by atoms with Gasteiger partial charge in [0.25, 0.3) is 0 Å². The van der Waals surface area contributed by atoms with Crippen LogP contribution in [0, 0.1) is 6.92 Å². The third kappa shape index (κ3) is 4.75. The first-order valence-corrected chi connectivity index (χ1v) is 8.34. The molecule has 0 aliphatic heterocycles. The number of carbonyl (C=O) groups excluding carboxylic acids is 1. The van der Waals surface area contributed by atoms with Gasteiger partial charge in [0, 0.05) is 25.8 Å². The highest BCUT2D eigenvalue weighted by Gasteiger charge is 2.12. The van der Waals surface area contributed by atoms with Crippen LogP contribution in [0.5, 0.6) is 0 Å². The molecule has 1 unspecified atom stereocenters. The zero-order valence-electron chi connectivity index (χ0n) is 14.8. The Morgan fingerprint density at radius 3 is 2.54 bits per heavy atom. The van der Waals surface area contributed by atoms with Crippen LogP contribution < -0.4 is 15.5 Å². The number of pyridine rings is 1. The molecule has 0 fully saturated rings. The van der Waals surface area contributed by atoms with Crippen molar-refractivity contribution in [2.75, 3.05) is 18.0 Å². The van der Waals surface area contributed by atoms with Crippen molar-refractivity contribution in [3.8, 4) is 0 Å². The molecule has 1 atom stereocenters. The number of hydrogen-bond acceptors (Lipinski definition) is 4. The van der Waals surface area contributed by atoms with Gasteiger partial charge in [-0.05, 0) is 51.5 Å². The first kappa shape index (κ1) is 17.8. The van der Waals surface area contributed by atoms with Crippen LogP contribution in [-0.2, 0) is 6.54 Å². The average Bonchev–Trinajstić information content (AvgIpc) is 3.02. The molecular formula is C18H26N4O2. The van der Waals surface area contributed by atoms with E-state index in [2.05, 4.69) is 34.4 Å². The minimum absolute atomic E-state index is 0.179. The lowest BCUT2D eigenvalue weighted by Gasteiger charge is -2.19. The van der Waals surface area contributed by atoms with Gasteiger partial charge in [0.2, 0.25) is 0 Å². The molecule has 2 aromatic heterocycles. The molecule has 0 saturated carbocycles. The second-order valence-corrected chi connectivity index (χ2v) is 5.69. The molecule has 0 spiro atoms.